The Morgan fingerprint density at radius 2 is 0.661 bits per heavy atom. The van der Waals surface area contributed by atoms with E-state index in [0.717, 1.165) is 14.3 Å². The van der Waals surface area contributed by atoms with Crippen LogP contribution < -0.4 is 10.2 Å². The van der Waals surface area contributed by atoms with Gasteiger partial charge in [0.15, 0.2) is 29.4 Å². The van der Waals surface area contributed by atoms with Crippen molar-refractivity contribution >= 4 is 147 Å². The van der Waals surface area contributed by atoms with E-state index in [2.05, 4.69) is 227 Å². The minimum absolute atomic E-state index is 0.0146. The molecular weight excluding hydrogens is 1380 g/mol. The Morgan fingerprint density at radius 1 is 0.403 bits per heavy atom. The first-order valence-electron chi connectivity index (χ1n) is 18.5. The van der Waals surface area contributed by atoms with Gasteiger partial charge in [-0.2, -0.15) is 0 Å². The predicted octanol–water partition coefficient (Wildman–Crippen LogP) is 13.1. The maximum Gasteiger partial charge on any atom is 0.335 e. The van der Waals surface area contributed by atoms with Gasteiger partial charge in [0.2, 0.25) is 0 Å². The molecule has 1 N–H and O–H groups in total. The molecular formula is C50H35I5O5S2. The summed E-state index contributed by atoms with van der Waals surface area (Å²) in [5.41, 5.74) is 0.109. The second-order valence-corrected chi connectivity index (χ2v) is 22.5. The predicted molar refractivity (Wildman–Crippen MR) is 290 cm³/mol. The third-order valence-corrected chi connectivity index (χ3v) is 17.9. The first-order valence-corrected chi connectivity index (χ1v) is 26.3. The zero-order chi connectivity index (χ0) is 44.4. The van der Waals surface area contributed by atoms with Crippen LogP contribution in [0.15, 0.2) is 236 Å². The summed E-state index contributed by atoms with van der Waals surface area (Å²) in [6, 6.07) is 70.9. The Labute approximate surface area is 436 Å². The zero-order valence-electron chi connectivity index (χ0n) is 32.4. The van der Waals surface area contributed by atoms with Crippen LogP contribution in [0, 0.1) is 17.9 Å². The quantitative estimate of drug-likeness (QED) is 0.0928. The number of hydrogen-bond donors (Lipinski definition) is 1. The molecule has 0 aliphatic carbocycles. The van der Waals surface area contributed by atoms with Gasteiger partial charge in [0.25, 0.3) is 0 Å². The molecule has 0 aliphatic rings. The standard InChI is InChI=1S/2C18H15S.C7H3I3O2.C7H4I2O3/c2*1-4-10-16(11-5-1)19(17-12-6-2-7-13-17)18-14-8-3-9-15-18;2*8-3-1-4(7(11)12)6(10)5(9)2-3/h2*1-15H;1-2H,(H,11,12);1-2,10H,(H,11,12)/q2*+1;;/p-2. The molecule has 12 heteroatoms. The summed E-state index contributed by atoms with van der Waals surface area (Å²) >= 11 is 9.99. The third-order valence-electron chi connectivity index (χ3n) is 8.33. The second-order valence-electron chi connectivity index (χ2n) is 12.6. The number of halogens is 5. The molecule has 0 unspecified atom stereocenters. The van der Waals surface area contributed by atoms with E-state index in [0.29, 0.717) is 3.57 Å². The first kappa shape index (κ1) is 49.9. The largest absolute Gasteiger partial charge is 0.871 e. The maximum atomic E-state index is 11.2. The number of carbonyl (C=O) groups is 2. The molecule has 0 saturated heterocycles. The molecule has 0 aromatic heterocycles. The molecule has 5 nitrogen and oxygen atoms in total. The smallest absolute Gasteiger partial charge is 0.335 e. The summed E-state index contributed by atoms with van der Waals surface area (Å²) in [4.78, 5) is 29.3. The van der Waals surface area contributed by atoms with Gasteiger partial charge >= 0.3 is 5.97 Å². The highest BCUT2D eigenvalue weighted by Gasteiger charge is 2.28. The van der Waals surface area contributed by atoms with Crippen molar-refractivity contribution in [3.05, 3.63) is 235 Å². The van der Waals surface area contributed by atoms with Gasteiger partial charge in [-0.15, -0.1) is 0 Å². The topological polar surface area (TPSA) is 100 Å². The highest BCUT2D eigenvalue weighted by atomic mass is 127. The minimum atomic E-state index is -1.17. The lowest BCUT2D eigenvalue weighted by atomic mass is 10.2. The number of hydrogen-bond acceptors (Lipinski definition) is 4. The van der Waals surface area contributed by atoms with Gasteiger partial charge in [-0.1, -0.05) is 115 Å². The SMILES string of the molecule is O=C(O)c1cc(I)cc(I)c1[O-].O=C([O-])c1cc(I)cc(I)c1I.c1ccc([S+](c2ccccc2)c2ccccc2)cc1.c1ccc([S+](c2ccccc2)c2ccccc2)cc1. The van der Waals surface area contributed by atoms with E-state index < -0.39 is 17.7 Å². The van der Waals surface area contributed by atoms with Gasteiger partial charge in [0.1, 0.15) is 0 Å². The Hall–Kier alpha value is -3.15. The normalized spacial score (nSPS) is 10.3. The van der Waals surface area contributed by atoms with Crippen LogP contribution in [0.3, 0.4) is 0 Å². The molecule has 0 heterocycles. The minimum Gasteiger partial charge on any atom is -0.871 e. The average molecular weight is 1410 g/mol. The summed E-state index contributed by atoms with van der Waals surface area (Å²) < 4.78 is 3.80. The van der Waals surface area contributed by atoms with Crippen LogP contribution in [0.25, 0.3) is 0 Å². The maximum absolute atomic E-state index is 11.2. The Bertz CT molecular complexity index is 2270. The van der Waals surface area contributed by atoms with Gasteiger partial charge in [-0.3, -0.25) is 0 Å². The molecule has 8 aromatic carbocycles. The fourth-order valence-electron chi connectivity index (χ4n) is 5.58. The van der Waals surface area contributed by atoms with E-state index in [1.807, 2.05) is 73.8 Å². The first-order chi connectivity index (χ1) is 29.9. The van der Waals surface area contributed by atoms with Crippen molar-refractivity contribution in [3.8, 4) is 5.75 Å². The van der Waals surface area contributed by atoms with Gasteiger partial charge < -0.3 is 20.1 Å². The third kappa shape index (κ3) is 15.0. The molecule has 8 rings (SSSR count). The van der Waals surface area contributed by atoms with Gasteiger partial charge in [-0.25, -0.2) is 4.79 Å². The lowest BCUT2D eigenvalue weighted by molar-refractivity contribution is -0.270. The summed E-state index contributed by atoms with van der Waals surface area (Å²) in [6.07, 6.45) is 0. The van der Waals surface area contributed by atoms with Crippen LogP contribution in [0.2, 0.25) is 0 Å². The van der Waals surface area contributed by atoms with Crippen LogP contribution in [-0.4, -0.2) is 17.0 Å². The Balaban J connectivity index is 0.000000160. The molecule has 0 amide bonds. The second kappa shape index (κ2) is 26.0. The fraction of sp³-hybridized carbons (Fsp3) is 0. The number of carbonyl (C=O) groups excluding carboxylic acids is 1. The number of rotatable bonds is 8. The number of benzene rings is 8. The van der Waals surface area contributed by atoms with Crippen LogP contribution in [0.1, 0.15) is 20.7 Å². The van der Waals surface area contributed by atoms with E-state index in [-0.39, 0.29) is 32.9 Å². The summed E-state index contributed by atoms with van der Waals surface area (Å²) in [6.45, 7) is 0. The summed E-state index contributed by atoms with van der Waals surface area (Å²) in [5, 5.41) is 30.4. The van der Waals surface area contributed by atoms with Crippen molar-refractivity contribution in [2.24, 2.45) is 0 Å². The van der Waals surface area contributed by atoms with Crippen LogP contribution in [0.4, 0.5) is 0 Å². The summed E-state index contributed by atoms with van der Waals surface area (Å²) in [7, 11) is -0.0293. The van der Waals surface area contributed by atoms with E-state index in [9.17, 15) is 19.8 Å². The molecule has 8 aromatic rings. The van der Waals surface area contributed by atoms with E-state index in [1.165, 1.54) is 35.4 Å². The van der Waals surface area contributed by atoms with Crippen molar-refractivity contribution in [1.29, 1.82) is 0 Å². The molecule has 0 saturated carbocycles. The van der Waals surface area contributed by atoms with Crippen molar-refractivity contribution in [3.63, 3.8) is 0 Å². The number of aromatic carboxylic acids is 2. The van der Waals surface area contributed by atoms with Crippen LogP contribution >= 0.6 is 113 Å². The van der Waals surface area contributed by atoms with E-state index >= 15 is 0 Å². The van der Waals surface area contributed by atoms with Crippen LogP contribution in [0.5, 0.6) is 5.75 Å². The van der Waals surface area contributed by atoms with E-state index in [1.54, 1.807) is 12.1 Å². The average Bonchev–Trinajstić information content (AvgIpc) is 3.29. The molecule has 0 fully saturated rings. The van der Waals surface area contributed by atoms with Crippen molar-refractivity contribution in [1.82, 2.24) is 0 Å². The lowest BCUT2D eigenvalue weighted by Crippen LogP contribution is -2.23. The molecule has 0 spiro atoms. The molecule has 0 radical (unpaired) electrons. The van der Waals surface area contributed by atoms with E-state index in [4.69, 9.17) is 5.11 Å². The summed E-state index contributed by atoms with van der Waals surface area (Å²) in [5.74, 6) is -2.70. The van der Waals surface area contributed by atoms with Crippen molar-refractivity contribution in [2.45, 2.75) is 29.4 Å². The molecule has 0 bridgehead atoms. The highest BCUT2D eigenvalue weighted by Crippen LogP contribution is 2.32. The number of carboxylic acids is 2. The Morgan fingerprint density at radius 3 is 0.919 bits per heavy atom. The Kier molecular flexibility index (Phi) is 20.9. The van der Waals surface area contributed by atoms with Gasteiger partial charge in [0.05, 0.1) is 33.3 Å². The van der Waals surface area contributed by atoms with Crippen molar-refractivity contribution < 1.29 is 24.9 Å². The molecule has 0 atom stereocenters. The monoisotopic (exact) mass is 1410 g/mol. The molecule has 62 heavy (non-hydrogen) atoms. The molecule has 312 valence electrons. The molecule has 0 aliphatic heterocycles. The zero-order valence-corrected chi connectivity index (χ0v) is 44.8. The van der Waals surface area contributed by atoms with Crippen LogP contribution in [-0.2, 0) is 21.8 Å². The number of carboxylic acid groups (broad SMARTS) is 2. The van der Waals surface area contributed by atoms with Crippen molar-refractivity contribution in [2.75, 3.05) is 0 Å². The lowest BCUT2D eigenvalue weighted by Gasteiger charge is -2.12. The van der Waals surface area contributed by atoms with Gasteiger partial charge in [0, 0.05) is 23.4 Å². The highest BCUT2D eigenvalue weighted by molar-refractivity contribution is 14.1. The fourth-order valence-corrected chi connectivity index (χ4v) is 14.0. The van der Waals surface area contributed by atoms with Gasteiger partial charge in [-0.05, 0) is 210 Å².